The zero-order valence-corrected chi connectivity index (χ0v) is 7.06. The number of rotatable bonds is 1. The maximum absolute atomic E-state index is 12.3. The highest BCUT2D eigenvalue weighted by Crippen LogP contribution is 2.33. The van der Waals surface area contributed by atoms with Crippen LogP contribution in [0, 0.1) is 0 Å². The van der Waals surface area contributed by atoms with Crippen molar-refractivity contribution >= 4 is 0 Å². The van der Waals surface area contributed by atoms with Gasteiger partial charge in [-0.1, -0.05) is 0 Å². The van der Waals surface area contributed by atoms with Crippen LogP contribution in [0.4, 0.5) is 13.2 Å². The Kier molecular flexibility index (Phi) is 2.66. The van der Waals surface area contributed by atoms with Gasteiger partial charge in [-0.2, -0.15) is 13.2 Å². The van der Waals surface area contributed by atoms with Gasteiger partial charge in [0.25, 0.3) is 0 Å². The number of nitrogens with two attached hydrogens (primary N) is 1. The third-order valence-corrected chi connectivity index (χ3v) is 1.86. The van der Waals surface area contributed by atoms with Crippen molar-refractivity contribution in [3.8, 4) is 0 Å². The molecule has 2 nitrogen and oxygen atoms in total. The summed E-state index contributed by atoms with van der Waals surface area (Å²) in [7, 11) is 1.24. The molecule has 0 saturated carbocycles. The monoisotopic (exact) mass is 193 g/mol. The smallest absolute Gasteiger partial charge is 0.402 e. The fourth-order valence-corrected chi connectivity index (χ4v) is 1.18. The summed E-state index contributed by atoms with van der Waals surface area (Å²) in [6, 6.07) is 0. The van der Waals surface area contributed by atoms with Gasteiger partial charge >= 0.3 is 6.18 Å². The zero-order valence-electron chi connectivity index (χ0n) is 7.06. The van der Waals surface area contributed by atoms with Crippen LogP contribution in [0.3, 0.4) is 0 Å². The summed E-state index contributed by atoms with van der Waals surface area (Å²) in [6.45, 7) is 0. The molecule has 13 heavy (non-hydrogen) atoms. The zero-order chi connectivity index (χ0) is 10.1. The standard InChI is InChI=1S/C8H10F3NO/c1-13-7-4-5(12)2-3-6(7)8(9,10)11/h2-3,7H,4,12H2,1H3. The van der Waals surface area contributed by atoms with E-state index < -0.39 is 17.9 Å². The predicted octanol–water partition coefficient (Wildman–Crippen LogP) is 1.74. The van der Waals surface area contributed by atoms with Gasteiger partial charge in [0.1, 0.15) is 0 Å². The number of allylic oxidation sites excluding steroid dienone is 2. The SMILES string of the molecule is COC1CC(N)=CC=C1C(F)(F)F. The lowest BCUT2D eigenvalue weighted by molar-refractivity contribution is -0.108. The molecule has 0 aromatic rings. The fraction of sp³-hybridized carbons (Fsp3) is 0.500. The summed E-state index contributed by atoms with van der Waals surface area (Å²) in [5.41, 5.74) is 5.10. The molecule has 0 spiro atoms. The molecule has 0 aliphatic heterocycles. The Morgan fingerprint density at radius 1 is 1.46 bits per heavy atom. The predicted molar refractivity (Wildman–Crippen MR) is 41.8 cm³/mol. The van der Waals surface area contributed by atoms with Crippen molar-refractivity contribution in [2.45, 2.75) is 18.7 Å². The summed E-state index contributed by atoms with van der Waals surface area (Å²) in [4.78, 5) is 0. The Labute approximate surface area is 73.9 Å². The Balaban J connectivity index is 2.92. The van der Waals surface area contributed by atoms with Crippen molar-refractivity contribution in [1.29, 1.82) is 0 Å². The van der Waals surface area contributed by atoms with E-state index in [0.29, 0.717) is 5.70 Å². The first kappa shape index (κ1) is 10.1. The molecule has 0 fully saturated rings. The number of hydrogen-bond donors (Lipinski definition) is 1. The molecule has 0 aromatic carbocycles. The van der Waals surface area contributed by atoms with Crippen LogP contribution in [0.2, 0.25) is 0 Å². The number of alkyl halides is 3. The molecule has 1 atom stereocenters. The maximum atomic E-state index is 12.3. The molecule has 2 N–H and O–H groups in total. The summed E-state index contributed by atoms with van der Waals surface area (Å²) >= 11 is 0. The minimum atomic E-state index is -4.34. The fourth-order valence-electron chi connectivity index (χ4n) is 1.18. The summed E-state index contributed by atoms with van der Waals surface area (Å²) in [5, 5.41) is 0. The van der Waals surface area contributed by atoms with Crippen molar-refractivity contribution < 1.29 is 17.9 Å². The van der Waals surface area contributed by atoms with E-state index >= 15 is 0 Å². The van der Waals surface area contributed by atoms with E-state index in [1.807, 2.05) is 0 Å². The Morgan fingerprint density at radius 3 is 2.54 bits per heavy atom. The lowest BCUT2D eigenvalue weighted by atomic mass is 9.99. The summed E-state index contributed by atoms with van der Waals surface area (Å²) in [5.74, 6) is 0. The van der Waals surface area contributed by atoms with Crippen molar-refractivity contribution in [2.75, 3.05) is 7.11 Å². The van der Waals surface area contributed by atoms with Crippen molar-refractivity contribution in [1.82, 2.24) is 0 Å². The Morgan fingerprint density at radius 2 is 2.08 bits per heavy atom. The molecule has 0 aromatic heterocycles. The van der Waals surface area contributed by atoms with Gasteiger partial charge in [-0.15, -0.1) is 0 Å². The number of methoxy groups -OCH3 is 1. The van der Waals surface area contributed by atoms with E-state index in [-0.39, 0.29) is 6.42 Å². The normalized spacial score (nSPS) is 23.8. The van der Waals surface area contributed by atoms with Gasteiger partial charge in [0.05, 0.1) is 11.7 Å². The van der Waals surface area contributed by atoms with Crippen LogP contribution in [-0.2, 0) is 4.74 Å². The minimum absolute atomic E-state index is 0.0991. The van der Waals surface area contributed by atoms with Crippen LogP contribution in [0.1, 0.15) is 6.42 Å². The lowest BCUT2D eigenvalue weighted by Crippen LogP contribution is -2.29. The molecule has 74 valence electrons. The number of hydrogen-bond acceptors (Lipinski definition) is 2. The molecule has 1 aliphatic carbocycles. The van der Waals surface area contributed by atoms with Gasteiger partial charge in [-0.3, -0.25) is 0 Å². The van der Waals surface area contributed by atoms with E-state index in [1.165, 1.54) is 13.2 Å². The molecule has 0 heterocycles. The topological polar surface area (TPSA) is 35.2 Å². The van der Waals surface area contributed by atoms with E-state index in [1.54, 1.807) is 0 Å². The maximum Gasteiger partial charge on any atom is 0.415 e. The molecule has 0 saturated heterocycles. The average Bonchev–Trinajstić information content (AvgIpc) is 2.01. The van der Waals surface area contributed by atoms with Crippen LogP contribution in [0.25, 0.3) is 0 Å². The van der Waals surface area contributed by atoms with Gasteiger partial charge in [0.15, 0.2) is 0 Å². The van der Waals surface area contributed by atoms with E-state index in [0.717, 1.165) is 6.08 Å². The first-order chi connectivity index (χ1) is 5.95. The molecule has 0 amide bonds. The first-order valence-corrected chi connectivity index (χ1v) is 3.71. The highest BCUT2D eigenvalue weighted by Gasteiger charge is 2.39. The van der Waals surface area contributed by atoms with Crippen LogP contribution < -0.4 is 5.73 Å². The van der Waals surface area contributed by atoms with Crippen molar-refractivity contribution in [3.05, 3.63) is 23.4 Å². The molecule has 1 aliphatic rings. The second-order valence-corrected chi connectivity index (χ2v) is 2.79. The first-order valence-electron chi connectivity index (χ1n) is 3.71. The third kappa shape index (κ3) is 2.24. The summed E-state index contributed by atoms with van der Waals surface area (Å²) < 4.78 is 41.6. The third-order valence-electron chi connectivity index (χ3n) is 1.86. The lowest BCUT2D eigenvalue weighted by Gasteiger charge is -2.23. The molecule has 1 unspecified atom stereocenters. The second kappa shape index (κ2) is 3.41. The molecular formula is C8H10F3NO. The minimum Gasteiger partial charge on any atom is -0.402 e. The molecular weight excluding hydrogens is 183 g/mol. The van der Waals surface area contributed by atoms with Gasteiger partial charge in [-0.25, -0.2) is 0 Å². The van der Waals surface area contributed by atoms with Crippen LogP contribution in [-0.4, -0.2) is 19.4 Å². The van der Waals surface area contributed by atoms with Crippen molar-refractivity contribution in [3.63, 3.8) is 0 Å². The largest absolute Gasteiger partial charge is 0.415 e. The second-order valence-electron chi connectivity index (χ2n) is 2.79. The number of ether oxygens (including phenoxy) is 1. The van der Waals surface area contributed by atoms with Crippen LogP contribution >= 0.6 is 0 Å². The van der Waals surface area contributed by atoms with Crippen molar-refractivity contribution in [2.24, 2.45) is 5.73 Å². The van der Waals surface area contributed by atoms with Gasteiger partial charge in [-0.05, 0) is 12.2 Å². The average molecular weight is 193 g/mol. The van der Waals surface area contributed by atoms with Gasteiger partial charge in [0, 0.05) is 19.2 Å². The van der Waals surface area contributed by atoms with E-state index in [2.05, 4.69) is 0 Å². The van der Waals surface area contributed by atoms with Crippen LogP contribution in [0.5, 0.6) is 0 Å². The van der Waals surface area contributed by atoms with E-state index in [9.17, 15) is 13.2 Å². The molecule has 1 rings (SSSR count). The van der Waals surface area contributed by atoms with E-state index in [4.69, 9.17) is 10.5 Å². The molecule has 5 heteroatoms. The quantitative estimate of drug-likeness (QED) is 0.688. The highest BCUT2D eigenvalue weighted by atomic mass is 19.4. The number of halogens is 3. The van der Waals surface area contributed by atoms with Gasteiger partial charge < -0.3 is 10.5 Å². The van der Waals surface area contributed by atoms with Crippen LogP contribution in [0.15, 0.2) is 23.4 Å². The highest BCUT2D eigenvalue weighted by molar-refractivity contribution is 5.29. The molecule has 0 bridgehead atoms. The van der Waals surface area contributed by atoms with Gasteiger partial charge in [0.2, 0.25) is 0 Å². The Hall–Kier alpha value is -0.970. The summed E-state index contributed by atoms with van der Waals surface area (Å²) in [6.07, 6.45) is -2.98. The Bertz CT molecular complexity index is 255. The molecule has 0 radical (unpaired) electrons.